The molecule has 4 heterocycles. The highest BCUT2D eigenvalue weighted by Gasteiger charge is 2.28. The average Bonchev–Trinajstić information content (AvgIpc) is 3.60. The molecular formula is C25H21FN6OS. The lowest BCUT2D eigenvalue weighted by Crippen LogP contribution is -2.23. The minimum absolute atomic E-state index is 0.125. The molecule has 0 aliphatic carbocycles. The molecule has 1 fully saturated rings. The van der Waals surface area contributed by atoms with Gasteiger partial charge in [0.15, 0.2) is 5.13 Å². The van der Waals surface area contributed by atoms with E-state index in [1.165, 1.54) is 23.6 Å². The van der Waals surface area contributed by atoms with Gasteiger partial charge in [0.1, 0.15) is 5.69 Å². The number of pyridine rings is 1. The number of benzene rings is 1. The van der Waals surface area contributed by atoms with Crippen LogP contribution in [0, 0.1) is 17.3 Å². The van der Waals surface area contributed by atoms with Crippen LogP contribution in [0.3, 0.4) is 0 Å². The molecule has 5 rings (SSSR count). The molecule has 1 aliphatic heterocycles. The summed E-state index contributed by atoms with van der Waals surface area (Å²) in [6.07, 6.45) is 5.22. The maximum atomic E-state index is 13.4. The van der Waals surface area contributed by atoms with E-state index in [-0.39, 0.29) is 11.9 Å². The first-order chi connectivity index (χ1) is 16.6. The van der Waals surface area contributed by atoms with Gasteiger partial charge < -0.3 is 9.47 Å². The normalized spacial score (nSPS) is 15.3. The second kappa shape index (κ2) is 9.45. The molecule has 0 spiro atoms. The maximum absolute atomic E-state index is 13.4. The van der Waals surface area contributed by atoms with Gasteiger partial charge in [0, 0.05) is 36.6 Å². The highest BCUT2D eigenvalue weighted by molar-refractivity contribution is 7.14. The van der Waals surface area contributed by atoms with Gasteiger partial charge in [-0.25, -0.2) is 9.97 Å². The van der Waals surface area contributed by atoms with Crippen LogP contribution in [0.2, 0.25) is 0 Å². The van der Waals surface area contributed by atoms with E-state index >= 15 is 0 Å². The molecule has 0 radical (unpaired) electrons. The molecule has 1 saturated heterocycles. The molecule has 1 atom stereocenters. The molecule has 1 aromatic carbocycles. The minimum atomic E-state index is -0.548. The summed E-state index contributed by atoms with van der Waals surface area (Å²) in [5, 5.41) is 14.5. The van der Waals surface area contributed by atoms with Crippen LogP contribution in [0.15, 0.2) is 66.3 Å². The predicted octanol–water partition coefficient (Wildman–Crippen LogP) is 4.99. The molecule has 3 aromatic heterocycles. The number of hydrogen-bond donors (Lipinski definition) is 1. The Hall–Kier alpha value is -4.03. The van der Waals surface area contributed by atoms with Crippen molar-refractivity contribution in [1.29, 1.82) is 5.26 Å². The smallest absolute Gasteiger partial charge is 0.274 e. The third-order valence-corrected chi connectivity index (χ3v) is 6.65. The van der Waals surface area contributed by atoms with Gasteiger partial charge in [0.2, 0.25) is 5.95 Å². The van der Waals surface area contributed by atoms with E-state index in [2.05, 4.69) is 21.3 Å². The summed E-state index contributed by atoms with van der Waals surface area (Å²) in [6.45, 7) is 1.28. The van der Waals surface area contributed by atoms with Crippen LogP contribution in [0.1, 0.15) is 46.2 Å². The molecule has 1 N–H and O–H groups in total. The Balaban J connectivity index is 1.29. The number of nitrogens with one attached hydrogen (secondary N) is 1. The van der Waals surface area contributed by atoms with Gasteiger partial charge in [-0.05, 0) is 66.9 Å². The van der Waals surface area contributed by atoms with Crippen LogP contribution in [0.4, 0.5) is 15.2 Å². The third kappa shape index (κ3) is 4.54. The van der Waals surface area contributed by atoms with Crippen LogP contribution in [0.5, 0.6) is 0 Å². The fourth-order valence-corrected chi connectivity index (χ4v) is 5.02. The molecule has 0 saturated carbocycles. The topological polar surface area (TPSA) is 86.8 Å². The minimum Gasteiger partial charge on any atom is -0.363 e. The standard InChI is InChI=1S/C25H21FN6OS/c26-23-13-18(9-10-28-23)15-31-11-1-4-22(31)24(33)30-25-29-20(16-34-25)21-3-2-12-32(21)19-7-5-17(14-27)6-8-19/h1,4-11,13,16,21H,2-3,12,15H2,(H,29,30,33)/t21-/m1/s1. The Labute approximate surface area is 200 Å². The van der Waals surface area contributed by atoms with Crippen molar-refractivity contribution in [2.75, 3.05) is 16.8 Å². The van der Waals surface area contributed by atoms with E-state index in [1.54, 1.807) is 29.0 Å². The lowest BCUT2D eigenvalue weighted by molar-refractivity contribution is 0.101. The quantitative estimate of drug-likeness (QED) is 0.400. The summed E-state index contributed by atoms with van der Waals surface area (Å²) in [5.41, 5.74) is 3.81. The first-order valence-corrected chi connectivity index (χ1v) is 11.8. The Morgan fingerprint density at radius 2 is 2.12 bits per heavy atom. The highest BCUT2D eigenvalue weighted by atomic mass is 32.1. The zero-order valence-electron chi connectivity index (χ0n) is 18.2. The molecule has 1 amide bonds. The number of aromatic nitrogens is 3. The predicted molar refractivity (Wildman–Crippen MR) is 128 cm³/mol. The van der Waals surface area contributed by atoms with Crippen molar-refractivity contribution in [2.24, 2.45) is 0 Å². The molecule has 0 bridgehead atoms. The SMILES string of the molecule is N#Cc1ccc(N2CCC[C@@H]2c2csc(NC(=O)c3cccn3Cc3ccnc(F)c3)n2)cc1. The number of thiazole rings is 1. The fraction of sp³-hybridized carbons (Fsp3) is 0.200. The summed E-state index contributed by atoms with van der Waals surface area (Å²) in [6, 6.07) is 16.5. The van der Waals surface area contributed by atoms with Crippen LogP contribution in [-0.4, -0.2) is 27.0 Å². The Kier molecular flexibility index (Phi) is 6.06. The van der Waals surface area contributed by atoms with Crippen molar-refractivity contribution >= 4 is 28.1 Å². The van der Waals surface area contributed by atoms with Crippen LogP contribution in [0.25, 0.3) is 0 Å². The summed E-state index contributed by atoms with van der Waals surface area (Å²) in [7, 11) is 0. The van der Waals surface area contributed by atoms with E-state index < -0.39 is 5.95 Å². The Morgan fingerprint density at radius 3 is 2.91 bits per heavy atom. The number of carbonyl (C=O) groups is 1. The number of amides is 1. The van der Waals surface area contributed by atoms with Gasteiger partial charge in [0.25, 0.3) is 5.91 Å². The molecule has 9 heteroatoms. The summed E-state index contributed by atoms with van der Waals surface area (Å²) < 4.78 is 15.2. The van der Waals surface area contributed by atoms with Crippen LogP contribution >= 0.6 is 11.3 Å². The largest absolute Gasteiger partial charge is 0.363 e. The maximum Gasteiger partial charge on any atom is 0.274 e. The zero-order chi connectivity index (χ0) is 23.5. The zero-order valence-corrected chi connectivity index (χ0v) is 19.0. The fourth-order valence-electron chi connectivity index (χ4n) is 4.26. The lowest BCUT2D eigenvalue weighted by atomic mass is 10.1. The Morgan fingerprint density at radius 1 is 1.26 bits per heavy atom. The first kappa shape index (κ1) is 21.8. The lowest BCUT2D eigenvalue weighted by Gasteiger charge is -2.25. The number of nitrogens with zero attached hydrogens (tertiary/aromatic N) is 5. The van der Waals surface area contributed by atoms with Gasteiger partial charge in [-0.1, -0.05) is 0 Å². The summed E-state index contributed by atoms with van der Waals surface area (Å²) in [5.74, 6) is -0.816. The average molecular weight is 473 g/mol. The van der Waals surface area contributed by atoms with Gasteiger partial charge >= 0.3 is 0 Å². The first-order valence-electron chi connectivity index (χ1n) is 10.9. The van der Waals surface area contributed by atoms with Gasteiger partial charge in [-0.2, -0.15) is 9.65 Å². The number of carbonyl (C=O) groups excluding carboxylic acids is 1. The molecule has 170 valence electrons. The number of rotatable bonds is 6. The van der Waals surface area contributed by atoms with Gasteiger partial charge in [0.05, 0.1) is 23.4 Å². The summed E-state index contributed by atoms with van der Waals surface area (Å²) >= 11 is 1.40. The van der Waals surface area contributed by atoms with Crippen molar-refractivity contribution in [3.8, 4) is 6.07 Å². The van der Waals surface area contributed by atoms with Crippen molar-refractivity contribution in [3.63, 3.8) is 0 Å². The molecule has 0 unspecified atom stereocenters. The van der Waals surface area contributed by atoms with Crippen LogP contribution < -0.4 is 10.2 Å². The molecule has 7 nitrogen and oxygen atoms in total. The van der Waals surface area contributed by atoms with Crippen molar-refractivity contribution in [2.45, 2.75) is 25.4 Å². The molecular weight excluding hydrogens is 451 g/mol. The highest BCUT2D eigenvalue weighted by Crippen LogP contribution is 2.37. The van der Waals surface area contributed by atoms with E-state index in [0.29, 0.717) is 22.9 Å². The number of nitriles is 1. The van der Waals surface area contributed by atoms with Crippen LogP contribution in [-0.2, 0) is 6.54 Å². The van der Waals surface area contributed by atoms with Crippen molar-refractivity contribution in [3.05, 3.63) is 94.8 Å². The van der Waals surface area contributed by atoms with E-state index in [1.807, 2.05) is 29.6 Å². The molecule has 34 heavy (non-hydrogen) atoms. The van der Waals surface area contributed by atoms with E-state index in [9.17, 15) is 9.18 Å². The molecule has 4 aromatic rings. The van der Waals surface area contributed by atoms with Gasteiger partial charge in [-0.15, -0.1) is 11.3 Å². The number of anilines is 2. The number of halogens is 1. The van der Waals surface area contributed by atoms with E-state index in [4.69, 9.17) is 10.2 Å². The molecule has 1 aliphatic rings. The van der Waals surface area contributed by atoms with Gasteiger partial charge in [-0.3, -0.25) is 10.1 Å². The van der Waals surface area contributed by atoms with Crippen molar-refractivity contribution in [1.82, 2.24) is 14.5 Å². The third-order valence-electron chi connectivity index (χ3n) is 5.87. The Bertz CT molecular complexity index is 1360. The van der Waals surface area contributed by atoms with E-state index in [0.717, 1.165) is 36.3 Å². The second-order valence-electron chi connectivity index (χ2n) is 8.05. The monoisotopic (exact) mass is 472 g/mol. The second-order valence-corrected chi connectivity index (χ2v) is 8.91. The summed E-state index contributed by atoms with van der Waals surface area (Å²) in [4.78, 5) is 23.5. The van der Waals surface area contributed by atoms with Crippen molar-refractivity contribution < 1.29 is 9.18 Å². The number of hydrogen-bond acceptors (Lipinski definition) is 6.